The van der Waals surface area contributed by atoms with Gasteiger partial charge in [0.2, 0.25) is 0 Å². The molecule has 29 heavy (non-hydrogen) atoms. The maximum Gasteiger partial charge on any atom is 0.143 e. The van der Waals surface area contributed by atoms with Gasteiger partial charge in [-0.05, 0) is 33.5 Å². The maximum absolute atomic E-state index is 6.30. The van der Waals surface area contributed by atoms with E-state index in [9.17, 15) is 0 Å². The number of hydrogen-bond donors (Lipinski definition) is 0. The molecule has 5 aromatic carbocycles. The van der Waals surface area contributed by atoms with E-state index in [1.165, 1.54) is 27.5 Å². The van der Waals surface area contributed by atoms with Gasteiger partial charge in [0.05, 0.1) is 0 Å². The normalized spacial score (nSPS) is 11.4. The third-order valence-electron chi connectivity index (χ3n) is 5.70. The van der Waals surface area contributed by atoms with E-state index in [0.717, 1.165) is 27.5 Å². The Balaban J connectivity index is 1.67. The van der Waals surface area contributed by atoms with Crippen LogP contribution in [0.25, 0.3) is 55.0 Å². The van der Waals surface area contributed by atoms with Crippen LogP contribution in [0.5, 0.6) is 0 Å². The van der Waals surface area contributed by atoms with E-state index in [0.29, 0.717) is 0 Å². The van der Waals surface area contributed by atoms with Crippen LogP contribution in [-0.2, 0) is 0 Å². The predicted molar refractivity (Wildman–Crippen MR) is 122 cm³/mol. The molecule has 136 valence electrons. The summed E-state index contributed by atoms with van der Waals surface area (Å²) in [6.45, 7) is 0. The fourth-order valence-corrected chi connectivity index (χ4v) is 4.36. The van der Waals surface area contributed by atoms with Crippen molar-refractivity contribution in [3.63, 3.8) is 0 Å². The van der Waals surface area contributed by atoms with Crippen LogP contribution < -0.4 is 0 Å². The van der Waals surface area contributed by atoms with Crippen molar-refractivity contribution < 1.29 is 4.42 Å². The number of rotatable bonds is 2. The zero-order chi connectivity index (χ0) is 19.2. The van der Waals surface area contributed by atoms with Gasteiger partial charge in [-0.2, -0.15) is 0 Å². The van der Waals surface area contributed by atoms with E-state index >= 15 is 0 Å². The molecule has 0 aliphatic rings. The van der Waals surface area contributed by atoms with Crippen molar-refractivity contribution in [2.75, 3.05) is 0 Å². The van der Waals surface area contributed by atoms with Gasteiger partial charge >= 0.3 is 0 Å². The fourth-order valence-electron chi connectivity index (χ4n) is 4.36. The molecule has 0 N–H and O–H groups in total. The Morgan fingerprint density at radius 2 is 1.00 bits per heavy atom. The van der Waals surface area contributed by atoms with Crippen molar-refractivity contribution in [3.05, 3.63) is 109 Å². The molecular formula is C28H18O. The zero-order valence-corrected chi connectivity index (χ0v) is 15.8. The molecule has 1 nitrogen and oxygen atoms in total. The Morgan fingerprint density at radius 1 is 0.379 bits per heavy atom. The zero-order valence-electron chi connectivity index (χ0n) is 15.8. The topological polar surface area (TPSA) is 13.1 Å². The maximum atomic E-state index is 6.30. The van der Waals surface area contributed by atoms with Crippen molar-refractivity contribution >= 4 is 32.7 Å². The van der Waals surface area contributed by atoms with Gasteiger partial charge in [0, 0.05) is 16.3 Å². The SMILES string of the molecule is c1ccc(-c2ccc(-c3cccc4c3oc3ccccc34)c3ccccc23)cc1. The van der Waals surface area contributed by atoms with Crippen molar-refractivity contribution in [2.24, 2.45) is 0 Å². The van der Waals surface area contributed by atoms with Gasteiger partial charge in [0.15, 0.2) is 0 Å². The molecule has 0 aliphatic heterocycles. The van der Waals surface area contributed by atoms with Crippen molar-refractivity contribution in [1.29, 1.82) is 0 Å². The summed E-state index contributed by atoms with van der Waals surface area (Å²) < 4.78 is 6.30. The second-order valence-corrected chi connectivity index (χ2v) is 7.35. The molecule has 0 aliphatic carbocycles. The highest BCUT2D eigenvalue weighted by Crippen LogP contribution is 2.40. The Hall–Kier alpha value is -3.84. The first-order valence-electron chi connectivity index (χ1n) is 9.88. The quantitative estimate of drug-likeness (QED) is 0.300. The Bertz CT molecular complexity index is 1490. The lowest BCUT2D eigenvalue weighted by Crippen LogP contribution is -1.86. The van der Waals surface area contributed by atoms with Crippen LogP contribution in [0.2, 0.25) is 0 Å². The Kier molecular flexibility index (Phi) is 3.54. The van der Waals surface area contributed by atoms with Crippen LogP contribution in [0.3, 0.4) is 0 Å². The lowest BCUT2D eigenvalue weighted by atomic mass is 9.91. The van der Waals surface area contributed by atoms with E-state index in [1.807, 2.05) is 12.1 Å². The highest BCUT2D eigenvalue weighted by Gasteiger charge is 2.15. The molecule has 1 heterocycles. The average molecular weight is 370 g/mol. The molecule has 6 aromatic rings. The Labute approximate surface area is 168 Å². The number of fused-ring (bicyclic) bond motifs is 4. The summed E-state index contributed by atoms with van der Waals surface area (Å²) in [6.07, 6.45) is 0. The molecular weight excluding hydrogens is 352 g/mol. The summed E-state index contributed by atoms with van der Waals surface area (Å²) >= 11 is 0. The number of hydrogen-bond acceptors (Lipinski definition) is 1. The molecule has 0 atom stereocenters. The predicted octanol–water partition coefficient (Wildman–Crippen LogP) is 8.07. The molecule has 1 heteroatoms. The van der Waals surface area contributed by atoms with Gasteiger partial charge in [-0.3, -0.25) is 0 Å². The van der Waals surface area contributed by atoms with Crippen molar-refractivity contribution in [3.8, 4) is 22.3 Å². The van der Waals surface area contributed by atoms with E-state index in [2.05, 4.69) is 97.1 Å². The smallest absolute Gasteiger partial charge is 0.143 e. The molecule has 0 radical (unpaired) electrons. The van der Waals surface area contributed by atoms with Crippen LogP contribution in [0, 0.1) is 0 Å². The van der Waals surface area contributed by atoms with Crippen LogP contribution >= 0.6 is 0 Å². The minimum absolute atomic E-state index is 0.931. The van der Waals surface area contributed by atoms with Crippen molar-refractivity contribution in [1.82, 2.24) is 0 Å². The molecule has 0 bridgehead atoms. The molecule has 1 aromatic heterocycles. The average Bonchev–Trinajstić information content (AvgIpc) is 3.18. The third-order valence-corrected chi connectivity index (χ3v) is 5.70. The van der Waals surface area contributed by atoms with Crippen LogP contribution in [-0.4, -0.2) is 0 Å². The molecule has 0 fully saturated rings. The lowest BCUT2D eigenvalue weighted by Gasteiger charge is -2.12. The molecule has 0 saturated heterocycles. The van der Waals surface area contributed by atoms with E-state index in [1.54, 1.807) is 0 Å². The molecule has 6 rings (SSSR count). The highest BCUT2D eigenvalue weighted by molar-refractivity contribution is 6.13. The van der Waals surface area contributed by atoms with Gasteiger partial charge in [-0.25, -0.2) is 0 Å². The van der Waals surface area contributed by atoms with Gasteiger partial charge in [0.1, 0.15) is 11.2 Å². The van der Waals surface area contributed by atoms with E-state index in [-0.39, 0.29) is 0 Å². The standard InChI is InChI=1S/C28H18O/c1-2-9-19(10-3-1)20-17-18-23(22-12-5-4-11-21(20)22)25-14-8-15-26-24-13-6-7-16-27(24)29-28(25)26/h1-18H. The first kappa shape index (κ1) is 16.1. The van der Waals surface area contributed by atoms with Crippen LogP contribution in [0.4, 0.5) is 0 Å². The number of furan rings is 1. The second kappa shape index (κ2) is 6.35. The fraction of sp³-hybridized carbons (Fsp3) is 0. The summed E-state index contributed by atoms with van der Waals surface area (Å²) in [6, 6.07) is 38.4. The summed E-state index contributed by atoms with van der Waals surface area (Å²) in [5.41, 5.74) is 6.70. The van der Waals surface area contributed by atoms with Gasteiger partial charge in [-0.1, -0.05) is 103 Å². The molecule has 0 amide bonds. The highest BCUT2D eigenvalue weighted by atomic mass is 16.3. The second-order valence-electron chi connectivity index (χ2n) is 7.35. The van der Waals surface area contributed by atoms with Crippen LogP contribution in [0.15, 0.2) is 114 Å². The van der Waals surface area contributed by atoms with Gasteiger partial charge in [0.25, 0.3) is 0 Å². The third kappa shape index (κ3) is 2.48. The van der Waals surface area contributed by atoms with E-state index < -0.39 is 0 Å². The molecule has 0 saturated carbocycles. The molecule has 0 unspecified atom stereocenters. The molecule has 0 spiro atoms. The van der Waals surface area contributed by atoms with Gasteiger partial charge < -0.3 is 4.42 Å². The van der Waals surface area contributed by atoms with Gasteiger partial charge in [-0.15, -0.1) is 0 Å². The Morgan fingerprint density at radius 3 is 1.83 bits per heavy atom. The largest absolute Gasteiger partial charge is 0.455 e. The van der Waals surface area contributed by atoms with E-state index in [4.69, 9.17) is 4.42 Å². The number of para-hydroxylation sites is 2. The minimum Gasteiger partial charge on any atom is -0.455 e. The summed E-state index contributed by atoms with van der Waals surface area (Å²) in [7, 11) is 0. The summed E-state index contributed by atoms with van der Waals surface area (Å²) in [5, 5.41) is 4.81. The first-order chi connectivity index (χ1) is 14.4. The van der Waals surface area contributed by atoms with Crippen molar-refractivity contribution in [2.45, 2.75) is 0 Å². The van der Waals surface area contributed by atoms with Crippen LogP contribution in [0.1, 0.15) is 0 Å². The monoisotopic (exact) mass is 370 g/mol. The summed E-state index contributed by atoms with van der Waals surface area (Å²) in [4.78, 5) is 0. The number of benzene rings is 5. The first-order valence-corrected chi connectivity index (χ1v) is 9.88. The minimum atomic E-state index is 0.931. The lowest BCUT2D eigenvalue weighted by molar-refractivity contribution is 0.670. The summed E-state index contributed by atoms with van der Waals surface area (Å²) in [5.74, 6) is 0.